The quantitative estimate of drug-likeness (QED) is 0.678. The van der Waals surface area contributed by atoms with Gasteiger partial charge in [-0.3, -0.25) is 0 Å². The molecule has 0 aliphatic heterocycles. The largest absolute Gasteiger partial charge is 0.508 e. The van der Waals surface area contributed by atoms with Crippen LogP contribution in [0.25, 0.3) is 10.2 Å². The maximum absolute atomic E-state index is 11.9. The lowest BCUT2D eigenvalue weighted by Gasteiger charge is -2.00. The molecule has 1 N–H and O–H groups in total. The predicted octanol–water partition coefficient (Wildman–Crippen LogP) is 1.28. The smallest absolute Gasteiger partial charge is 0.311 e. The number of rotatable bonds is 3. The first-order valence-corrected chi connectivity index (χ1v) is 7.20. The monoisotopic (exact) mass is 285 g/mol. The Kier molecular flexibility index (Phi) is 3.22. The van der Waals surface area contributed by atoms with Crippen LogP contribution in [0.3, 0.4) is 0 Å². The Bertz CT molecular complexity index is 704. The summed E-state index contributed by atoms with van der Waals surface area (Å²) < 4.78 is 27.7. The van der Waals surface area contributed by atoms with Gasteiger partial charge in [0, 0.05) is 14.1 Å². The fourth-order valence-electron chi connectivity index (χ4n) is 1.20. The van der Waals surface area contributed by atoms with Crippen LogP contribution in [0.15, 0.2) is 26.9 Å². The zero-order chi connectivity index (χ0) is 13.3. The summed E-state index contributed by atoms with van der Waals surface area (Å²) in [6, 6.07) is 4.50. The fraction of sp³-hybridized carbons (Fsp3) is 0.200. The van der Waals surface area contributed by atoms with Gasteiger partial charge in [-0.15, -0.1) is 15.7 Å². The van der Waals surface area contributed by atoms with Crippen molar-refractivity contribution in [3.05, 3.63) is 18.2 Å². The molecule has 0 atom stereocenters. The molecule has 1 aromatic heterocycles. The number of fused-ring (bicyclic) bond motifs is 1. The molecule has 0 bridgehead atoms. The van der Waals surface area contributed by atoms with Crippen molar-refractivity contribution in [2.24, 2.45) is 4.40 Å². The van der Waals surface area contributed by atoms with E-state index in [-0.39, 0.29) is 10.1 Å². The van der Waals surface area contributed by atoms with E-state index in [4.69, 9.17) is 0 Å². The minimum atomic E-state index is -3.78. The second kappa shape index (κ2) is 4.54. The number of aromatic hydroxyl groups is 1. The van der Waals surface area contributed by atoms with Crippen LogP contribution in [0.2, 0.25) is 0 Å². The summed E-state index contributed by atoms with van der Waals surface area (Å²) >= 11 is 0.979. The maximum Gasteiger partial charge on any atom is 0.311 e. The van der Waals surface area contributed by atoms with Crippen molar-refractivity contribution < 1.29 is 13.5 Å². The molecular weight excluding hydrogens is 274 g/mol. The first-order chi connectivity index (χ1) is 8.38. The molecule has 0 aliphatic carbocycles. The van der Waals surface area contributed by atoms with E-state index in [1.807, 2.05) is 0 Å². The van der Waals surface area contributed by atoms with Gasteiger partial charge < -0.3 is 10.0 Å². The Balaban J connectivity index is 2.48. The van der Waals surface area contributed by atoms with E-state index in [2.05, 4.69) is 9.38 Å². The third kappa shape index (κ3) is 2.59. The normalized spacial score (nSPS) is 12.3. The lowest BCUT2D eigenvalue weighted by molar-refractivity contribution is 0.476. The summed E-state index contributed by atoms with van der Waals surface area (Å²) in [4.78, 5) is 5.52. The molecule has 0 unspecified atom stereocenters. The zero-order valence-electron chi connectivity index (χ0n) is 9.73. The Morgan fingerprint density at radius 3 is 2.83 bits per heavy atom. The molecular formula is C10H11N3O3S2. The predicted molar refractivity (Wildman–Crippen MR) is 70.6 cm³/mol. The highest BCUT2D eigenvalue weighted by Crippen LogP contribution is 2.28. The van der Waals surface area contributed by atoms with Crippen LogP contribution in [-0.2, 0) is 10.0 Å². The topological polar surface area (TPSA) is 82.9 Å². The molecule has 2 rings (SSSR count). The number of nitrogens with zero attached hydrogens (tertiary/aromatic N) is 3. The second-order valence-electron chi connectivity index (χ2n) is 3.79. The highest BCUT2D eigenvalue weighted by molar-refractivity contribution is 7.92. The maximum atomic E-state index is 11.9. The van der Waals surface area contributed by atoms with E-state index >= 15 is 0 Å². The van der Waals surface area contributed by atoms with Gasteiger partial charge in [-0.05, 0) is 18.2 Å². The fourth-order valence-corrected chi connectivity index (χ4v) is 3.37. The lowest BCUT2D eigenvalue weighted by atomic mass is 10.3. The molecule has 0 amide bonds. The molecule has 6 nitrogen and oxygen atoms in total. The molecule has 0 saturated carbocycles. The highest BCUT2D eigenvalue weighted by Gasteiger charge is 2.18. The van der Waals surface area contributed by atoms with E-state index in [0.29, 0.717) is 10.2 Å². The molecule has 96 valence electrons. The molecule has 0 aliphatic rings. The number of aromatic nitrogens is 1. The van der Waals surface area contributed by atoms with E-state index in [1.165, 1.54) is 23.4 Å². The summed E-state index contributed by atoms with van der Waals surface area (Å²) in [7, 11) is -0.424. The number of hydrogen-bond donors (Lipinski definition) is 1. The average Bonchev–Trinajstić information content (AvgIpc) is 2.70. The summed E-state index contributed by atoms with van der Waals surface area (Å²) in [6.07, 6.45) is 1.21. The number of sulfonamides is 1. The van der Waals surface area contributed by atoms with Crippen molar-refractivity contribution in [1.29, 1.82) is 0 Å². The van der Waals surface area contributed by atoms with Gasteiger partial charge in [0.15, 0.2) is 0 Å². The molecule has 2 aromatic rings. The summed E-state index contributed by atoms with van der Waals surface area (Å²) in [5.41, 5.74) is 0.524. The van der Waals surface area contributed by atoms with Gasteiger partial charge in [-0.2, -0.15) is 8.42 Å². The first kappa shape index (κ1) is 12.8. The van der Waals surface area contributed by atoms with Gasteiger partial charge in [-0.1, -0.05) is 0 Å². The molecule has 0 saturated heterocycles. The Morgan fingerprint density at radius 2 is 2.17 bits per heavy atom. The van der Waals surface area contributed by atoms with Crippen molar-refractivity contribution in [2.45, 2.75) is 4.34 Å². The van der Waals surface area contributed by atoms with Crippen LogP contribution in [0.5, 0.6) is 5.75 Å². The highest BCUT2D eigenvalue weighted by atomic mass is 32.2. The third-order valence-corrected chi connectivity index (χ3v) is 4.59. The van der Waals surface area contributed by atoms with E-state index in [1.54, 1.807) is 20.2 Å². The first-order valence-electron chi connectivity index (χ1n) is 4.95. The molecule has 0 fully saturated rings. The number of phenolic OH excluding ortho intramolecular Hbond substituents is 1. The van der Waals surface area contributed by atoms with Crippen molar-refractivity contribution >= 4 is 37.9 Å². The summed E-state index contributed by atoms with van der Waals surface area (Å²) in [5.74, 6) is 0.0758. The van der Waals surface area contributed by atoms with Crippen LogP contribution >= 0.6 is 11.3 Å². The van der Waals surface area contributed by atoms with Crippen molar-refractivity contribution in [1.82, 2.24) is 9.88 Å². The number of thiazole rings is 1. The van der Waals surface area contributed by atoms with Crippen LogP contribution in [-0.4, -0.2) is 43.8 Å². The summed E-state index contributed by atoms with van der Waals surface area (Å²) in [5, 5.41) is 9.31. The van der Waals surface area contributed by atoms with Crippen LogP contribution < -0.4 is 0 Å². The zero-order valence-corrected chi connectivity index (χ0v) is 11.4. The Hall–Kier alpha value is -1.67. The van der Waals surface area contributed by atoms with E-state index < -0.39 is 10.0 Å². The van der Waals surface area contributed by atoms with Gasteiger partial charge in [0.1, 0.15) is 12.1 Å². The van der Waals surface area contributed by atoms with Crippen molar-refractivity contribution in [3.63, 3.8) is 0 Å². The average molecular weight is 285 g/mol. The molecule has 8 heteroatoms. The SMILES string of the molecule is CN(C)/C=N\S(=O)(=O)c1nc2ccc(O)cc2s1. The van der Waals surface area contributed by atoms with Crippen LogP contribution in [0, 0.1) is 0 Å². The van der Waals surface area contributed by atoms with Gasteiger partial charge in [0.05, 0.1) is 10.2 Å². The molecule has 18 heavy (non-hydrogen) atoms. The Morgan fingerprint density at radius 1 is 1.44 bits per heavy atom. The number of phenols is 1. The molecule has 1 aromatic carbocycles. The van der Waals surface area contributed by atoms with Crippen LogP contribution in [0.4, 0.5) is 0 Å². The van der Waals surface area contributed by atoms with Gasteiger partial charge in [0.2, 0.25) is 4.34 Å². The molecule has 0 radical (unpaired) electrons. The number of hydrogen-bond acceptors (Lipinski definition) is 5. The lowest BCUT2D eigenvalue weighted by Crippen LogP contribution is -2.10. The van der Waals surface area contributed by atoms with Crippen molar-refractivity contribution in [3.8, 4) is 5.75 Å². The summed E-state index contributed by atoms with van der Waals surface area (Å²) in [6.45, 7) is 0. The second-order valence-corrected chi connectivity index (χ2v) is 6.63. The molecule has 1 heterocycles. The minimum Gasteiger partial charge on any atom is -0.508 e. The van der Waals surface area contributed by atoms with Gasteiger partial charge >= 0.3 is 10.0 Å². The standard InChI is InChI=1S/C10H11N3O3S2/c1-13(2)6-11-18(15,16)10-12-8-4-3-7(14)5-9(8)17-10/h3-6,14H,1-2H3/b11-6-. The number of benzene rings is 1. The van der Waals surface area contributed by atoms with Crippen molar-refractivity contribution in [2.75, 3.05) is 14.1 Å². The van der Waals surface area contributed by atoms with Gasteiger partial charge in [-0.25, -0.2) is 4.98 Å². The van der Waals surface area contributed by atoms with E-state index in [0.717, 1.165) is 11.3 Å². The third-order valence-electron chi connectivity index (χ3n) is 1.99. The van der Waals surface area contributed by atoms with E-state index in [9.17, 15) is 13.5 Å². The van der Waals surface area contributed by atoms with Crippen LogP contribution in [0.1, 0.15) is 0 Å². The Labute approximate surface area is 108 Å². The minimum absolute atomic E-state index is 0.0758. The van der Waals surface area contributed by atoms with Gasteiger partial charge in [0.25, 0.3) is 0 Å². The molecule has 0 spiro atoms.